The molecule has 2 N–H and O–H groups in total. The van der Waals surface area contributed by atoms with Crippen molar-refractivity contribution >= 4 is 17.9 Å². The summed E-state index contributed by atoms with van der Waals surface area (Å²) in [5, 5.41) is 10.4. The number of nitrogens with zero attached hydrogens (tertiary/aromatic N) is 3. The highest BCUT2D eigenvalue weighted by Crippen LogP contribution is 2.23. The molecule has 166 valence electrons. The number of amides is 2. The van der Waals surface area contributed by atoms with Gasteiger partial charge < -0.3 is 10.6 Å². The molecule has 2 aromatic heterocycles. The maximum atomic E-state index is 12.3. The van der Waals surface area contributed by atoms with Gasteiger partial charge in [0.05, 0.1) is 6.54 Å². The molecule has 0 spiro atoms. The summed E-state index contributed by atoms with van der Waals surface area (Å²) in [5.41, 5.74) is 3.59. The normalized spacial score (nSPS) is 11.9. The van der Waals surface area contributed by atoms with E-state index in [4.69, 9.17) is 5.10 Å². The highest BCUT2D eigenvalue weighted by Gasteiger charge is 2.11. The van der Waals surface area contributed by atoms with Crippen LogP contribution in [0.1, 0.15) is 37.8 Å². The fraction of sp³-hybridized carbons (Fsp3) is 0.280. The largest absolute Gasteiger partial charge is 0.354 e. The minimum atomic E-state index is -0.255. The van der Waals surface area contributed by atoms with Gasteiger partial charge in [-0.2, -0.15) is 5.10 Å². The van der Waals surface area contributed by atoms with Crippen molar-refractivity contribution in [3.63, 3.8) is 0 Å². The Hall–Kier alpha value is -3.74. The van der Waals surface area contributed by atoms with Crippen LogP contribution >= 0.6 is 0 Å². The fourth-order valence-electron chi connectivity index (χ4n) is 3.11. The van der Waals surface area contributed by atoms with Crippen LogP contribution in [0.2, 0.25) is 0 Å². The van der Waals surface area contributed by atoms with E-state index in [0.29, 0.717) is 6.54 Å². The molecule has 1 aromatic carbocycles. The van der Waals surface area contributed by atoms with E-state index >= 15 is 0 Å². The number of aromatic nitrogens is 3. The van der Waals surface area contributed by atoms with Crippen molar-refractivity contribution in [2.75, 3.05) is 6.54 Å². The Morgan fingerprint density at radius 2 is 1.97 bits per heavy atom. The molecular formula is C25H29N5O2. The molecule has 0 saturated carbocycles. The van der Waals surface area contributed by atoms with Gasteiger partial charge in [0.15, 0.2) is 0 Å². The Balaban J connectivity index is 1.66. The number of hydrogen-bond acceptors (Lipinski definition) is 4. The van der Waals surface area contributed by atoms with E-state index in [0.717, 1.165) is 28.8 Å². The van der Waals surface area contributed by atoms with E-state index in [1.807, 2.05) is 67.2 Å². The Kier molecular flexibility index (Phi) is 8.31. The van der Waals surface area contributed by atoms with Gasteiger partial charge in [-0.1, -0.05) is 37.3 Å². The van der Waals surface area contributed by atoms with Crippen LogP contribution in [0, 0.1) is 0 Å². The number of pyridine rings is 1. The number of hydrogen-bond donors (Lipinski definition) is 2. The van der Waals surface area contributed by atoms with Crippen molar-refractivity contribution in [1.29, 1.82) is 0 Å². The number of rotatable bonds is 10. The standard InChI is InChI=1S/C25H29N5O2/c1-3-19(2)28-24(32)13-15-27-23(31)12-11-22-18-30(17-20-8-5-4-6-9-20)29-25(22)21-10-7-14-26-16-21/h4-12,14,16,18-19H,3,13,15,17H2,1-2H3,(H,27,31)(H,28,32)/b12-11+. The van der Waals surface area contributed by atoms with Crippen molar-refractivity contribution in [1.82, 2.24) is 25.4 Å². The molecular weight excluding hydrogens is 402 g/mol. The molecule has 7 nitrogen and oxygen atoms in total. The van der Waals surface area contributed by atoms with Crippen LogP contribution in [0.4, 0.5) is 0 Å². The van der Waals surface area contributed by atoms with E-state index < -0.39 is 0 Å². The lowest BCUT2D eigenvalue weighted by molar-refractivity contribution is -0.121. The van der Waals surface area contributed by atoms with Gasteiger partial charge in [-0.05, 0) is 37.1 Å². The molecule has 2 amide bonds. The van der Waals surface area contributed by atoms with Crippen LogP contribution in [0.5, 0.6) is 0 Å². The van der Waals surface area contributed by atoms with Gasteiger partial charge in [0, 0.05) is 54.8 Å². The highest BCUT2D eigenvalue weighted by molar-refractivity contribution is 5.93. The van der Waals surface area contributed by atoms with Crippen LogP contribution in [-0.2, 0) is 16.1 Å². The molecule has 7 heteroatoms. The maximum absolute atomic E-state index is 12.3. The van der Waals surface area contributed by atoms with Gasteiger partial charge in [-0.15, -0.1) is 0 Å². The van der Waals surface area contributed by atoms with Gasteiger partial charge in [0.2, 0.25) is 11.8 Å². The summed E-state index contributed by atoms with van der Waals surface area (Å²) in [5.74, 6) is -0.320. The molecule has 1 unspecified atom stereocenters. The van der Waals surface area contributed by atoms with Gasteiger partial charge >= 0.3 is 0 Å². The number of benzene rings is 1. The quantitative estimate of drug-likeness (QED) is 0.482. The summed E-state index contributed by atoms with van der Waals surface area (Å²) in [6.45, 7) is 4.88. The average Bonchev–Trinajstić information content (AvgIpc) is 3.21. The molecule has 0 bridgehead atoms. The Morgan fingerprint density at radius 1 is 1.16 bits per heavy atom. The first-order valence-corrected chi connectivity index (χ1v) is 10.8. The predicted molar refractivity (Wildman–Crippen MR) is 126 cm³/mol. The topological polar surface area (TPSA) is 88.9 Å². The molecule has 0 aliphatic carbocycles. The van der Waals surface area contributed by atoms with Gasteiger partial charge in [0.25, 0.3) is 0 Å². The van der Waals surface area contributed by atoms with Crippen molar-refractivity contribution in [3.05, 3.63) is 78.3 Å². The smallest absolute Gasteiger partial charge is 0.244 e. The summed E-state index contributed by atoms with van der Waals surface area (Å²) in [6.07, 6.45) is 9.71. The molecule has 1 atom stereocenters. The summed E-state index contributed by atoms with van der Waals surface area (Å²) in [6, 6.07) is 14.0. The summed E-state index contributed by atoms with van der Waals surface area (Å²) in [4.78, 5) is 28.3. The molecule has 2 heterocycles. The van der Waals surface area contributed by atoms with Crippen LogP contribution in [-0.4, -0.2) is 39.2 Å². The molecule has 0 saturated heterocycles. The number of carbonyl (C=O) groups excluding carboxylic acids is 2. The third kappa shape index (κ3) is 6.91. The van der Waals surface area contributed by atoms with Crippen LogP contribution < -0.4 is 10.6 Å². The van der Waals surface area contributed by atoms with Crippen molar-refractivity contribution in [2.24, 2.45) is 0 Å². The molecule has 0 fully saturated rings. The third-order valence-corrected chi connectivity index (χ3v) is 5.00. The Morgan fingerprint density at radius 3 is 2.69 bits per heavy atom. The van der Waals surface area contributed by atoms with Crippen LogP contribution in [0.15, 0.2) is 67.1 Å². The molecule has 0 aliphatic rings. The second-order valence-corrected chi connectivity index (χ2v) is 7.61. The van der Waals surface area contributed by atoms with Gasteiger partial charge in [0.1, 0.15) is 5.69 Å². The second-order valence-electron chi connectivity index (χ2n) is 7.61. The van der Waals surface area contributed by atoms with E-state index in [1.54, 1.807) is 18.5 Å². The monoisotopic (exact) mass is 431 g/mol. The van der Waals surface area contributed by atoms with E-state index in [9.17, 15) is 9.59 Å². The minimum absolute atomic E-state index is 0.0651. The van der Waals surface area contributed by atoms with E-state index in [1.165, 1.54) is 6.08 Å². The lowest BCUT2D eigenvalue weighted by atomic mass is 10.1. The number of nitrogens with one attached hydrogen (secondary N) is 2. The van der Waals surface area contributed by atoms with Crippen molar-refractivity contribution in [2.45, 2.75) is 39.3 Å². The molecule has 0 aliphatic heterocycles. The number of carbonyl (C=O) groups is 2. The van der Waals surface area contributed by atoms with E-state index in [-0.39, 0.29) is 30.8 Å². The zero-order chi connectivity index (χ0) is 22.8. The Labute approximate surface area is 188 Å². The molecule has 3 aromatic rings. The molecule has 32 heavy (non-hydrogen) atoms. The summed E-state index contributed by atoms with van der Waals surface area (Å²) >= 11 is 0. The summed E-state index contributed by atoms with van der Waals surface area (Å²) in [7, 11) is 0. The first kappa shape index (κ1) is 22.9. The lowest BCUT2D eigenvalue weighted by Crippen LogP contribution is -2.34. The van der Waals surface area contributed by atoms with Gasteiger partial charge in [-0.3, -0.25) is 19.3 Å². The van der Waals surface area contributed by atoms with E-state index in [2.05, 4.69) is 15.6 Å². The van der Waals surface area contributed by atoms with Crippen molar-refractivity contribution in [3.8, 4) is 11.3 Å². The third-order valence-electron chi connectivity index (χ3n) is 5.00. The van der Waals surface area contributed by atoms with Gasteiger partial charge in [-0.25, -0.2) is 0 Å². The average molecular weight is 432 g/mol. The zero-order valence-electron chi connectivity index (χ0n) is 18.5. The molecule has 3 rings (SSSR count). The first-order chi connectivity index (χ1) is 15.5. The van der Waals surface area contributed by atoms with Crippen LogP contribution in [0.25, 0.3) is 17.3 Å². The fourth-order valence-corrected chi connectivity index (χ4v) is 3.11. The first-order valence-electron chi connectivity index (χ1n) is 10.8. The van der Waals surface area contributed by atoms with Crippen molar-refractivity contribution < 1.29 is 9.59 Å². The van der Waals surface area contributed by atoms with Crippen LogP contribution in [0.3, 0.4) is 0 Å². The second kappa shape index (κ2) is 11.6. The lowest BCUT2D eigenvalue weighted by Gasteiger charge is -2.11. The minimum Gasteiger partial charge on any atom is -0.354 e. The molecule has 0 radical (unpaired) electrons. The summed E-state index contributed by atoms with van der Waals surface area (Å²) < 4.78 is 1.86. The highest BCUT2D eigenvalue weighted by atomic mass is 16.2. The zero-order valence-corrected chi connectivity index (χ0v) is 18.5. The maximum Gasteiger partial charge on any atom is 0.244 e. The predicted octanol–water partition coefficient (Wildman–Crippen LogP) is 3.43. The SMILES string of the molecule is CCC(C)NC(=O)CCNC(=O)/C=C/c1cn(Cc2ccccc2)nc1-c1cccnc1. The Bertz CT molecular complexity index is 1040.